The van der Waals surface area contributed by atoms with Crippen LogP contribution in [-0.2, 0) is 0 Å². The first-order valence-corrected chi connectivity index (χ1v) is 16.3. The summed E-state index contributed by atoms with van der Waals surface area (Å²) in [5.74, 6) is 0. The lowest BCUT2D eigenvalue weighted by Gasteiger charge is -2.17. The fraction of sp³-hybridized carbons (Fsp3) is 0. The molecule has 0 aliphatic rings. The summed E-state index contributed by atoms with van der Waals surface area (Å²) in [5.41, 5.74) is 11.7. The van der Waals surface area contributed by atoms with Crippen LogP contribution >= 0.6 is 0 Å². The molecule has 0 N–H and O–H groups in total. The van der Waals surface area contributed by atoms with E-state index >= 15 is 0 Å². The maximum atomic E-state index is 9.87. The van der Waals surface area contributed by atoms with Crippen molar-refractivity contribution in [3.8, 4) is 45.8 Å². The van der Waals surface area contributed by atoms with E-state index in [-0.39, 0.29) is 0 Å². The van der Waals surface area contributed by atoms with Crippen LogP contribution in [0.4, 0.5) is 5.69 Å². The third-order valence-electron chi connectivity index (χ3n) is 9.61. The van der Waals surface area contributed by atoms with Gasteiger partial charge in [0.1, 0.15) is 0 Å². The van der Waals surface area contributed by atoms with Gasteiger partial charge in [0.25, 0.3) is 0 Å². The maximum absolute atomic E-state index is 9.87. The summed E-state index contributed by atoms with van der Waals surface area (Å²) in [5, 5.41) is 23.6. The zero-order valence-electron chi connectivity index (χ0n) is 26.7. The molecule has 5 heteroatoms. The molecule has 0 radical (unpaired) electrons. The van der Waals surface area contributed by atoms with E-state index in [2.05, 4.69) is 111 Å². The van der Waals surface area contributed by atoms with Crippen molar-refractivity contribution in [2.45, 2.75) is 0 Å². The molecule has 0 atom stereocenters. The Hall–Kier alpha value is -7.39. The third kappa shape index (κ3) is 4.31. The molecule has 2 heterocycles. The highest BCUT2D eigenvalue weighted by molar-refractivity contribution is 6.12. The Labute approximate surface area is 288 Å². The number of rotatable bonds is 4. The average molecular weight is 636 g/mol. The van der Waals surface area contributed by atoms with Gasteiger partial charge in [-0.3, -0.25) is 0 Å². The van der Waals surface area contributed by atoms with Crippen LogP contribution in [0.3, 0.4) is 0 Å². The fourth-order valence-electron chi connectivity index (χ4n) is 7.43. The van der Waals surface area contributed by atoms with Crippen molar-refractivity contribution < 1.29 is 0 Å². The molecular formula is C45H25N5. The first-order valence-electron chi connectivity index (χ1n) is 16.3. The molecule has 9 aromatic rings. The minimum atomic E-state index is 0.551. The van der Waals surface area contributed by atoms with Crippen LogP contribution in [0.25, 0.3) is 82.1 Å². The number of hydrogen-bond acceptors (Lipinski definition) is 2. The molecule has 7 aromatic carbocycles. The molecule has 9 rings (SSSR count). The largest absolute Gasteiger partial charge is 0.318 e. The van der Waals surface area contributed by atoms with Gasteiger partial charge in [-0.2, -0.15) is 10.5 Å². The highest BCUT2D eigenvalue weighted by atomic mass is 15.0. The highest BCUT2D eigenvalue weighted by Gasteiger charge is 2.20. The number of benzene rings is 7. The summed E-state index contributed by atoms with van der Waals surface area (Å²) in [6.45, 7) is 8.16. The molecule has 0 aliphatic carbocycles. The van der Waals surface area contributed by atoms with E-state index in [1.54, 1.807) is 0 Å². The van der Waals surface area contributed by atoms with E-state index in [4.69, 9.17) is 6.57 Å². The summed E-state index contributed by atoms with van der Waals surface area (Å²) in [4.78, 5) is 3.99. The Kier molecular flexibility index (Phi) is 6.56. The number of nitriles is 2. The van der Waals surface area contributed by atoms with Gasteiger partial charge in [-0.15, -0.1) is 0 Å². The topological polar surface area (TPSA) is 61.8 Å². The predicted octanol–water partition coefficient (Wildman–Crippen LogP) is 11.5. The lowest BCUT2D eigenvalue weighted by molar-refractivity contribution is 1.18. The lowest BCUT2D eigenvalue weighted by atomic mass is 9.97. The van der Waals surface area contributed by atoms with E-state index in [9.17, 15) is 10.5 Å². The van der Waals surface area contributed by atoms with Gasteiger partial charge in [-0.25, -0.2) is 4.85 Å². The zero-order valence-corrected chi connectivity index (χ0v) is 26.7. The van der Waals surface area contributed by atoms with E-state index in [1.807, 2.05) is 66.7 Å². The summed E-state index contributed by atoms with van der Waals surface area (Å²) in [6, 6.07) is 55.5. The monoisotopic (exact) mass is 635 g/mol. The molecule has 0 saturated carbocycles. The minimum absolute atomic E-state index is 0.551. The van der Waals surface area contributed by atoms with Crippen molar-refractivity contribution in [2.24, 2.45) is 0 Å². The van der Waals surface area contributed by atoms with Crippen molar-refractivity contribution in [3.05, 3.63) is 174 Å². The Bertz CT molecular complexity index is 2960. The van der Waals surface area contributed by atoms with Gasteiger partial charge in [0.2, 0.25) is 5.69 Å². The van der Waals surface area contributed by atoms with Crippen LogP contribution in [0.15, 0.2) is 152 Å². The molecule has 0 amide bonds. The molecule has 0 saturated heterocycles. The molecule has 0 fully saturated rings. The van der Waals surface area contributed by atoms with Crippen LogP contribution < -0.4 is 0 Å². The van der Waals surface area contributed by atoms with Gasteiger partial charge < -0.3 is 9.13 Å². The lowest BCUT2D eigenvalue weighted by Crippen LogP contribution is -1.98. The van der Waals surface area contributed by atoms with Crippen molar-refractivity contribution >= 4 is 49.3 Å². The number of nitrogens with zero attached hydrogens (tertiary/aromatic N) is 5. The molecule has 0 spiro atoms. The van der Waals surface area contributed by atoms with E-state index in [1.165, 1.54) is 0 Å². The predicted molar refractivity (Wildman–Crippen MR) is 202 cm³/mol. The Morgan fingerprint density at radius 2 is 1.18 bits per heavy atom. The second-order valence-electron chi connectivity index (χ2n) is 12.3. The first-order chi connectivity index (χ1) is 24.7. The Morgan fingerprint density at radius 3 is 1.96 bits per heavy atom. The number of para-hydroxylation sites is 3. The smallest absolute Gasteiger partial charge is 0.211 e. The maximum Gasteiger partial charge on any atom is 0.211 e. The highest BCUT2D eigenvalue weighted by Crippen LogP contribution is 2.42. The van der Waals surface area contributed by atoms with E-state index in [0.29, 0.717) is 16.8 Å². The van der Waals surface area contributed by atoms with Crippen molar-refractivity contribution in [1.82, 2.24) is 9.13 Å². The van der Waals surface area contributed by atoms with Crippen molar-refractivity contribution in [2.75, 3.05) is 0 Å². The zero-order chi connectivity index (χ0) is 33.8. The van der Waals surface area contributed by atoms with Crippen molar-refractivity contribution in [1.29, 1.82) is 10.5 Å². The molecule has 2 aromatic heterocycles. The standard InChI is InChI=1S/C45H25N5/c1-48-39-15-8-14-35(45(39)50-40-16-4-2-12-36(40)38-25-29(27-46)19-24-42(38)50)32-10-6-9-31(26-32)30-20-22-34(23-21-30)49-41-17-5-3-13-37(41)44-33(28-47)11-7-18-43(44)49/h2-26H. The van der Waals surface area contributed by atoms with Crippen LogP contribution in [0.2, 0.25) is 0 Å². The second kappa shape index (κ2) is 11.4. The Morgan fingerprint density at radius 1 is 0.500 bits per heavy atom. The van der Waals surface area contributed by atoms with Gasteiger partial charge >= 0.3 is 0 Å². The summed E-state index contributed by atoms with van der Waals surface area (Å²) >= 11 is 0. The molecule has 0 aliphatic heterocycles. The molecule has 50 heavy (non-hydrogen) atoms. The van der Waals surface area contributed by atoms with Crippen LogP contribution in [0, 0.1) is 29.2 Å². The minimum Gasteiger partial charge on any atom is -0.318 e. The summed E-state index contributed by atoms with van der Waals surface area (Å²) < 4.78 is 4.39. The van der Waals surface area contributed by atoms with Gasteiger partial charge in [0.05, 0.1) is 57.6 Å². The number of fused-ring (bicyclic) bond motifs is 6. The first kappa shape index (κ1) is 28.8. The number of hydrogen-bond donors (Lipinski definition) is 0. The van der Waals surface area contributed by atoms with E-state index in [0.717, 1.165) is 77.2 Å². The summed E-state index contributed by atoms with van der Waals surface area (Å²) in [6.07, 6.45) is 0. The van der Waals surface area contributed by atoms with Crippen LogP contribution in [0.1, 0.15) is 11.1 Å². The van der Waals surface area contributed by atoms with Crippen molar-refractivity contribution in [3.63, 3.8) is 0 Å². The average Bonchev–Trinajstić information content (AvgIpc) is 3.70. The molecule has 0 unspecified atom stereocenters. The molecule has 5 nitrogen and oxygen atoms in total. The van der Waals surface area contributed by atoms with Gasteiger partial charge in [-0.05, 0) is 82.9 Å². The second-order valence-corrected chi connectivity index (χ2v) is 12.3. The third-order valence-corrected chi connectivity index (χ3v) is 9.61. The summed E-state index contributed by atoms with van der Waals surface area (Å²) in [7, 11) is 0. The van der Waals surface area contributed by atoms with Gasteiger partial charge in [-0.1, -0.05) is 91.0 Å². The number of aromatic nitrogens is 2. The molecule has 0 bridgehead atoms. The van der Waals surface area contributed by atoms with Gasteiger partial charge in [0.15, 0.2) is 0 Å². The van der Waals surface area contributed by atoms with Crippen LogP contribution in [0.5, 0.6) is 0 Å². The van der Waals surface area contributed by atoms with Crippen LogP contribution in [-0.4, -0.2) is 9.13 Å². The Balaban J connectivity index is 1.18. The van der Waals surface area contributed by atoms with Gasteiger partial charge in [0, 0.05) is 27.2 Å². The quantitative estimate of drug-likeness (QED) is 0.181. The normalized spacial score (nSPS) is 11.1. The van der Waals surface area contributed by atoms with E-state index < -0.39 is 0 Å². The SMILES string of the molecule is [C-]#[N+]c1cccc(-c2cccc(-c3ccc(-n4c5ccccc5c5c(C#N)cccc54)cc3)c2)c1-n1c2ccccc2c2cc(C#N)ccc21. The fourth-order valence-corrected chi connectivity index (χ4v) is 7.43. The molecule has 230 valence electrons. The molecular weight excluding hydrogens is 611 g/mol.